The number of amides is 1. The van der Waals surface area contributed by atoms with Crippen LogP contribution >= 0.6 is 0 Å². The zero-order valence-corrected chi connectivity index (χ0v) is 16.3. The van der Waals surface area contributed by atoms with E-state index in [4.69, 9.17) is 4.74 Å². The molecule has 0 spiro atoms. The van der Waals surface area contributed by atoms with Gasteiger partial charge in [0.2, 0.25) is 10.0 Å². The SMILES string of the molecule is COc1ccc(C(=O)NCCc2ccccc2F)cc1S(=O)(=O)NC(C)C. The van der Waals surface area contributed by atoms with Crippen LogP contribution in [0.1, 0.15) is 29.8 Å². The summed E-state index contributed by atoms with van der Waals surface area (Å²) in [5, 5.41) is 2.67. The van der Waals surface area contributed by atoms with E-state index >= 15 is 0 Å². The van der Waals surface area contributed by atoms with Gasteiger partial charge in [-0.05, 0) is 50.1 Å². The van der Waals surface area contributed by atoms with Gasteiger partial charge >= 0.3 is 0 Å². The first-order valence-corrected chi connectivity index (χ1v) is 9.95. The lowest BCUT2D eigenvalue weighted by molar-refractivity contribution is 0.0953. The van der Waals surface area contributed by atoms with Crippen LogP contribution < -0.4 is 14.8 Å². The molecule has 0 aromatic heterocycles. The summed E-state index contributed by atoms with van der Waals surface area (Å²) in [6.45, 7) is 3.62. The molecule has 8 heteroatoms. The Balaban J connectivity index is 2.15. The number of benzene rings is 2. The summed E-state index contributed by atoms with van der Waals surface area (Å²) in [7, 11) is -2.47. The van der Waals surface area contributed by atoms with E-state index in [0.717, 1.165) is 0 Å². The molecule has 6 nitrogen and oxygen atoms in total. The molecule has 2 aromatic rings. The monoisotopic (exact) mass is 394 g/mol. The van der Waals surface area contributed by atoms with Gasteiger partial charge in [-0.25, -0.2) is 17.5 Å². The Labute approximate surface area is 158 Å². The number of carbonyl (C=O) groups excluding carboxylic acids is 1. The lowest BCUT2D eigenvalue weighted by atomic mass is 10.1. The fourth-order valence-corrected chi connectivity index (χ4v) is 3.96. The summed E-state index contributed by atoms with van der Waals surface area (Å²) in [5.74, 6) is -0.634. The lowest BCUT2D eigenvalue weighted by Gasteiger charge is -2.14. The van der Waals surface area contributed by atoms with Crippen LogP contribution in [0.2, 0.25) is 0 Å². The average Bonchev–Trinajstić information content (AvgIpc) is 2.61. The highest BCUT2D eigenvalue weighted by Gasteiger charge is 2.22. The van der Waals surface area contributed by atoms with Crippen LogP contribution in [0, 0.1) is 5.82 Å². The quantitative estimate of drug-likeness (QED) is 0.721. The third kappa shape index (κ3) is 5.51. The van der Waals surface area contributed by atoms with Crippen molar-refractivity contribution in [2.75, 3.05) is 13.7 Å². The van der Waals surface area contributed by atoms with Gasteiger partial charge in [0.25, 0.3) is 5.91 Å². The second-order valence-corrected chi connectivity index (χ2v) is 7.92. The molecule has 27 heavy (non-hydrogen) atoms. The molecule has 146 valence electrons. The van der Waals surface area contributed by atoms with Gasteiger partial charge in [-0.2, -0.15) is 0 Å². The first kappa shape index (κ1) is 20.9. The number of halogens is 1. The molecule has 0 atom stereocenters. The summed E-state index contributed by atoms with van der Waals surface area (Å²) in [6, 6.07) is 10.2. The van der Waals surface area contributed by atoms with E-state index in [1.807, 2.05) is 0 Å². The summed E-state index contributed by atoms with van der Waals surface area (Å²) in [4.78, 5) is 12.2. The van der Waals surface area contributed by atoms with Gasteiger partial charge in [0.1, 0.15) is 16.5 Å². The zero-order chi connectivity index (χ0) is 20.0. The number of hydrogen-bond donors (Lipinski definition) is 2. The number of carbonyl (C=O) groups is 1. The molecule has 0 aliphatic heterocycles. The summed E-state index contributed by atoms with van der Waals surface area (Å²) < 4.78 is 46.1. The van der Waals surface area contributed by atoms with E-state index in [9.17, 15) is 17.6 Å². The van der Waals surface area contributed by atoms with Gasteiger partial charge in [0, 0.05) is 18.2 Å². The van der Waals surface area contributed by atoms with Gasteiger partial charge in [-0.1, -0.05) is 18.2 Å². The Morgan fingerprint density at radius 1 is 1.19 bits per heavy atom. The van der Waals surface area contributed by atoms with E-state index in [0.29, 0.717) is 12.0 Å². The molecular weight excluding hydrogens is 371 g/mol. The molecule has 0 saturated carbocycles. The molecule has 0 radical (unpaired) electrons. The van der Waals surface area contributed by atoms with Crippen molar-refractivity contribution in [3.05, 3.63) is 59.4 Å². The smallest absolute Gasteiger partial charge is 0.251 e. The molecule has 0 aliphatic carbocycles. The summed E-state index contributed by atoms with van der Waals surface area (Å²) >= 11 is 0. The molecule has 0 bridgehead atoms. The fourth-order valence-electron chi connectivity index (χ4n) is 2.52. The van der Waals surface area contributed by atoms with E-state index < -0.39 is 15.9 Å². The molecule has 0 heterocycles. The average molecular weight is 394 g/mol. The molecule has 1 amide bonds. The number of sulfonamides is 1. The van der Waals surface area contributed by atoms with Crippen molar-refractivity contribution in [2.45, 2.75) is 31.2 Å². The van der Waals surface area contributed by atoms with Crippen molar-refractivity contribution >= 4 is 15.9 Å². The van der Waals surface area contributed by atoms with Crippen LogP contribution in [0.3, 0.4) is 0 Å². The highest BCUT2D eigenvalue weighted by molar-refractivity contribution is 7.89. The maximum Gasteiger partial charge on any atom is 0.251 e. The Morgan fingerprint density at radius 3 is 2.52 bits per heavy atom. The van der Waals surface area contributed by atoms with Crippen LogP contribution in [-0.2, 0) is 16.4 Å². The van der Waals surface area contributed by atoms with Crippen molar-refractivity contribution in [1.82, 2.24) is 10.0 Å². The Morgan fingerprint density at radius 2 is 1.89 bits per heavy atom. The largest absolute Gasteiger partial charge is 0.495 e. The van der Waals surface area contributed by atoms with Crippen molar-refractivity contribution in [2.24, 2.45) is 0 Å². The van der Waals surface area contributed by atoms with E-state index in [1.165, 1.54) is 31.4 Å². The second kappa shape index (κ2) is 8.96. The van der Waals surface area contributed by atoms with Gasteiger partial charge < -0.3 is 10.1 Å². The van der Waals surface area contributed by atoms with Crippen molar-refractivity contribution < 1.29 is 22.3 Å². The fraction of sp³-hybridized carbons (Fsp3) is 0.316. The van der Waals surface area contributed by atoms with Gasteiger partial charge in [-0.15, -0.1) is 0 Å². The minimum Gasteiger partial charge on any atom is -0.495 e. The number of nitrogens with one attached hydrogen (secondary N) is 2. The van der Waals surface area contributed by atoms with E-state index in [-0.39, 0.29) is 34.6 Å². The van der Waals surface area contributed by atoms with Gasteiger partial charge in [0.15, 0.2) is 0 Å². The highest BCUT2D eigenvalue weighted by atomic mass is 32.2. The molecule has 0 saturated heterocycles. The maximum absolute atomic E-state index is 13.6. The number of hydrogen-bond acceptors (Lipinski definition) is 4. The van der Waals surface area contributed by atoms with Crippen molar-refractivity contribution in [3.63, 3.8) is 0 Å². The zero-order valence-electron chi connectivity index (χ0n) is 15.5. The molecule has 0 unspecified atom stereocenters. The van der Waals surface area contributed by atoms with Gasteiger partial charge in [-0.3, -0.25) is 4.79 Å². The third-order valence-electron chi connectivity index (χ3n) is 3.74. The first-order valence-electron chi connectivity index (χ1n) is 8.46. The predicted octanol–water partition coefficient (Wildman–Crippen LogP) is 2.49. The van der Waals surface area contributed by atoms with Crippen LogP contribution in [0.5, 0.6) is 5.75 Å². The molecule has 2 rings (SSSR count). The Bertz CT molecular complexity index is 914. The second-order valence-electron chi connectivity index (χ2n) is 6.24. The normalized spacial score (nSPS) is 11.4. The van der Waals surface area contributed by atoms with E-state index in [2.05, 4.69) is 10.0 Å². The van der Waals surface area contributed by atoms with Crippen LogP contribution in [-0.4, -0.2) is 34.0 Å². The number of ether oxygens (including phenoxy) is 1. The van der Waals surface area contributed by atoms with Gasteiger partial charge in [0.05, 0.1) is 7.11 Å². The van der Waals surface area contributed by atoms with E-state index in [1.54, 1.807) is 32.0 Å². The summed E-state index contributed by atoms with van der Waals surface area (Å²) in [5.41, 5.74) is 0.672. The third-order valence-corrected chi connectivity index (χ3v) is 5.42. The standard InChI is InChI=1S/C19H23FN2O4S/c1-13(2)22-27(24,25)18-12-15(8-9-17(18)26-3)19(23)21-11-10-14-6-4-5-7-16(14)20/h4-9,12-13,22H,10-11H2,1-3H3,(H,21,23). The molecule has 0 aliphatic rings. The van der Waals surface area contributed by atoms with Crippen LogP contribution in [0.25, 0.3) is 0 Å². The first-order chi connectivity index (χ1) is 12.7. The van der Waals surface area contributed by atoms with Crippen LogP contribution in [0.15, 0.2) is 47.4 Å². The highest BCUT2D eigenvalue weighted by Crippen LogP contribution is 2.25. The Hall–Kier alpha value is -2.45. The summed E-state index contributed by atoms with van der Waals surface area (Å²) in [6.07, 6.45) is 0.328. The Kier molecular flexibility index (Phi) is 6.92. The van der Waals surface area contributed by atoms with Crippen molar-refractivity contribution in [3.8, 4) is 5.75 Å². The minimum atomic E-state index is -3.83. The minimum absolute atomic E-state index is 0.111. The molecule has 2 N–H and O–H groups in total. The number of rotatable bonds is 8. The molecular formula is C19H23FN2O4S. The number of methoxy groups -OCH3 is 1. The maximum atomic E-state index is 13.6. The molecule has 2 aromatic carbocycles. The van der Waals surface area contributed by atoms with Crippen LogP contribution in [0.4, 0.5) is 4.39 Å². The van der Waals surface area contributed by atoms with Crippen molar-refractivity contribution in [1.29, 1.82) is 0 Å². The topological polar surface area (TPSA) is 84.5 Å². The lowest BCUT2D eigenvalue weighted by Crippen LogP contribution is -2.31. The molecule has 0 fully saturated rings. The predicted molar refractivity (Wildman–Crippen MR) is 101 cm³/mol.